The first-order chi connectivity index (χ1) is 9.16. The Kier molecular flexibility index (Phi) is 2.85. The molecule has 98 valence electrons. The highest BCUT2D eigenvalue weighted by molar-refractivity contribution is 6.10. The van der Waals surface area contributed by atoms with Crippen LogP contribution in [0.25, 0.3) is 10.9 Å². The summed E-state index contributed by atoms with van der Waals surface area (Å²) in [6, 6.07) is 7.58. The quantitative estimate of drug-likeness (QED) is 0.676. The van der Waals surface area contributed by atoms with Gasteiger partial charge in [-0.05, 0) is 25.8 Å². The predicted molar refractivity (Wildman–Crippen MR) is 70.9 cm³/mol. The number of hydrogen-bond acceptors (Lipinski definition) is 3. The Morgan fingerprint density at radius 3 is 2.79 bits per heavy atom. The van der Waals surface area contributed by atoms with Gasteiger partial charge in [0.25, 0.3) is 0 Å². The fourth-order valence-corrected chi connectivity index (χ4v) is 2.14. The second-order valence-corrected chi connectivity index (χ2v) is 4.97. The number of carbonyl (C=O) groups is 2. The summed E-state index contributed by atoms with van der Waals surface area (Å²) in [5.41, 5.74) is 1.48. The summed E-state index contributed by atoms with van der Waals surface area (Å²) in [5.74, 6) is -0.398. The zero-order chi connectivity index (χ0) is 13.4. The van der Waals surface area contributed by atoms with Crippen LogP contribution in [0, 0.1) is 5.92 Å². The molecule has 1 aliphatic rings. The molecular weight excluding hydrogens is 242 g/mol. The van der Waals surface area contributed by atoms with E-state index in [0.717, 1.165) is 23.7 Å². The van der Waals surface area contributed by atoms with Gasteiger partial charge in [0.1, 0.15) is 0 Å². The van der Waals surface area contributed by atoms with Crippen LogP contribution in [0.15, 0.2) is 30.5 Å². The molecule has 0 aliphatic heterocycles. The number of aromatic amines is 1. The first-order valence-electron chi connectivity index (χ1n) is 6.47. The Bertz CT molecular complexity index is 640. The van der Waals surface area contributed by atoms with Crippen LogP contribution in [0.5, 0.6) is 0 Å². The first kappa shape index (κ1) is 12.0. The van der Waals surface area contributed by atoms with Crippen molar-refractivity contribution < 1.29 is 14.3 Å². The van der Waals surface area contributed by atoms with Crippen LogP contribution in [-0.2, 0) is 9.53 Å². The van der Waals surface area contributed by atoms with Crippen molar-refractivity contribution in [2.24, 2.45) is 5.92 Å². The van der Waals surface area contributed by atoms with Crippen LogP contribution in [-0.4, -0.2) is 22.8 Å². The van der Waals surface area contributed by atoms with Crippen molar-refractivity contribution in [3.05, 3.63) is 36.0 Å². The third-order valence-corrected chi connectivity index (χ3v) is 3.43. The average Bonchev–Trinajstić information content (AvgIpc) is 3.18. The van der Waals surface area contributed by atoms with Crippen LogP contribution < -0.4 is 0 Å². The molecule has 3 rings (SSSR count). The third-order valence-electron chi connectivity index (χ3n) is 3.43. The zero-order valence-electron chi connectivity index (χ0n) is 10.7. The maximum atomic E-state index is 12.3. The topological polar surface area (TPSA) is 59.2 Å². The lowest BCUT2D eigenvalue weighted by Crippen LogP contribution is -2.24. The maximum absolute atomic E-state index is 12.3. The minimum Gasteiger partial charge on any atom is -0.454 e. The number of benzene rings is 1. The maximum Gasteiger partial charge on any atom is 0.309 e. The molecule has 2 aromatic rings. The summed E-state index contributed by atoms with van der Waals surface area (Å²) in [6.45, 7) is 1.63. The number of H-pyrrole nitrogens is 1. The van der Waals surface area contributed by atoms with E-state index in [1.54, 1.807) is 13.1 Å². The van der Waals surface area contributed by atoms with Gasteiger partial charge in [-0.2, -0.15) is 0 Å². The highest BCUT2D eigenvalue weighted by atomic mass is 16.5. The van der Waals surface area contributed by atoms with Crippen LogP contribution in [0.3, 0.4) is 0 Å². The molecule has 0 amide bonds. The molecule has 1 aromatic heterocycles. The molecule has 0 saturated heterocycles. The van der Waals surface area contributed by atoms with Gasteiger partial charge >= 0.3 is 5.97 Å². The fraction of sp³-hybridized carbons (Fsp3) is 0.333. The van der Waals surface area contributed by atoms with Gasteiger partial charge < -0.3 is 9.72 Å². The average molecular weight is 257 g/mol. The molecule has 1 saturated carbocycles. The van der Waals surface area contributed by atoms with E-state index in [2.05, 4.69) is 4.98 Å². The van der Waals surface area contributed by atoms with Crippen molar-refractivity contribution in [3.63, 3.8) is 0 Å². The number of ether oxygens (including phenoxy) is 1. The van der Waals surface area contributed by atoms with E-state index in [0.29, 0.717) is 5.56 Å². The van der Waals surface area contributed by atoms with Crippen molar-refractivity contribution in [1.29, 1.82) is 0 Å². The van der Waals surface area contributed by atoms with E-state index < -0.39 is 6.10 Å². The number of fused-ring (bicyclic) bond motifs is 1. The first-order valence-corrected chi connectivity index (χ1v) is 6.47. The van der Waals surface area contributed by atoms with Gasteiger partial charge in [0.2, 0.25) is 5.78 Å². The minimum absolute atomic E-state index is 0.0122. The number of para-hydroxylation sites is 1. The number of ketones is 1. The molecule has 1 fully saturated rings. The molecule has 19 heavy (non-hydrogen) atoms. The summed E-state index contributed by atoms with van der Waals surface area (Å²) in [6.07, 6.45) is 2.71. The largest absolute Gasteiger partial charge is 0.454 e. The van der Waals surface area contributed by atoms with Crippen LogP contribution in [0.2, 0.25) is 0 Å². The van der Waals surface area contributed by atoms with Gasteiger partial charge in [0, 0.05) is 22.7 Å². The van der Waals surface area contributed by atoms with Crippen molar-refractivity contribution in [2.75, 3.05) is 0 Å². The van der Waals surface area contributed by atoms with Gasteiger partial charge in [0.05, 0.1) is 5.92 Å². The molecule has 1 aromatic carbocycles. The second kappa shape index (κ2) is 4.53. The van der Waals surface area contributed by atoms with Gasteiger partial charge in [-0.25, -0.2) is 0 Å². The Balaban J connectivity index is 1.80. The van der Waals surface area contributed by atoms with E-state index in [4.69, 9.17) is 4.74 Å². The van der Waals surface area contributed by atoms with E-state index in [1.165, 1.54) is 0 Å². The molecule has 4 nitrogen and oxygen atoms in total. The van der Waals surface area contributed by atoms with Crippen molar-refractivity contribution >= 4 is 22.7 Å². The molecule has 1 N–H and O–H groups in total. The van der Waals surface area contributed by atoms with Crippen molar-refractivity contribution in [2.45, 2.75) is 25.9 Å². The standard InChI is InChI=1S/C15H15NO3/c1-9(19-15(18)10-6-7-10)14(17)12-8-16-13-5-3-2-4-11(12)13/h2-5,8-10,16H,6-7H2,1H3/t9-/m0/s1. The number of Topliss-reactive ketones (excluding diaryl/α,β-unsaturated/α-hetero) is 1. The second-order valence-electron chi connectivity index (χ2n) is 4.97. The van der Waals surface area contributed by atoms with Crippen LogP contribution in [0.1, 0.15) is 30.1 Å². The lowest BCUT2D eigenvalue weighted by Gasteiger charge is -2.11. The summed E-state index contributed by atoms with van der Waals surface area (Å²) in [7, 11) is 0. The van der Waals surface area contributed by atoms with E-state index in [-0.39, 0.29) is 17.7 Å². The summed E-state index contributed by atoms with van der Waals surface area (Å²) >= 11 is 0. The Hall–Kier alpha value is -2.10. The molecule has 1 heterocycles. The Morgan fingerprint density at radius 2 is 2.05 bits per heavy atom. The summed E-state index contributed by atoms with van der Waals surface area (Å²) < 4.78 is 5.21. The number of hydrogen-bond donors (Lipinski definition) is 1. The number of aromatic nitrogens is 1. The monoisotopic (exact) mass is 257 g/mol. The molecule has 0 unspecified atom stereocenters. The predicted octanol–water partition coefficient (Wildman–Crippen LogP) is 2.69. The number of nitrogens with one attached hydrogen (secondary N) is 1. The van der Waals surface area contributed by atoms with Gasteiger partial charge in [-0.3, -0.25) is 9.59 Å². The third kappa shape index (κ3) is 2.26. The minimum atomic E-state index is -0.729. The SMILES string of the molecule is C[C@H](OC(=O)C1CC1)C(=O)c1c[nH]c2ccccc12. The molecule has 0 spiro atoms. The lowest BCUT2D eigenvalue weighted by atomic mass is 10.1. The summed E-state index contributed by atoms with van der Waals surface area (Å²) in [5, 5.41) is 0.863. The van der Waals surface area contributed by atoms with Crippen molar-refractivity contribution in [3.8, 4) is 0 Å². The van der Waals surface area contributed by atoms with E-state index >= 15 is 0 Å². The molecule has 0 radical (unpaired) electrons. The highest BCUT2D eigenvalue weighted by Gasteiger charge is 2.33. The molecule has 1 atom stereocenters. The molecule has 4 heteroatoms. The number of rotatable bonds is 4. The molecule has 1 aliphatic carbocycles. The molecular formula is C15H15NO3. The van der Waals surface area contributed by atoms with E-state index in [9.17, 15) is 9.59 Å². The van der Waals surface area contributed by atoms with Gasteiger partial charge in [-0.1, -0.05) is 18.2 Å². The number of carbonyl (C=O) groups excluding carboxylic acids is 2. The van der Waals surface area contributed by atoms with Gasteiger partial charge in [0.15, 0.2) is 6.10 Å². The zero-order valence-corrected chi connectivity index (χ0v) is 10.7. The Labute approximate surface area is 110 Å². The smallest absolute Gasteiger partial charge is 0.309 e. The normalized spacial score (nSPS) is 16.3. The fourth-order valence-electron chi connectivity index (χ4n) is 2.14. The highest BCUT2D eigenvalue weighted by Crippen LogP contribution is 2.31. The van der Waals surface area contributed by atoms with Gasteiger partial charge in [-0.15, -0.1) is 0 Å². The number of esters is 1. The van der Waals surface area contributed by atoms with Crippen LogP contribution >= 0.6 is 0 Å². The van der Waals surface area contributed by atoms with Crippen LogP contribution in [0.4, 0.5) is 0 Å². The Morgan fingerprint density at radius 1 is 1.32 bits per heavy atom. The van der Waals surface area contributed by atoms with E-state index in [1.807, 2.05) is 24.3 Å². The molecule has 0 bridgehead atoms. The summed E-state index contributed by atoms with van der Waals surface area (Å²) in [4.78, 5) is 26.9. The van der Waals surface area contributed by atoms with Crippen molar-refractivity contribution in [1.82, 2.24) is 4.98 Å². The lowest BCUT2D eigenvalue weighted by molar-refractivity contribution is -0.147.